The molecule has 2 saturated heterocycles. The predicted molar refractivity (Wildman–Crippen MR) is 103 cm³/mol. The summed E-state index contributed by atoms with van der Waals surface area (Å²) < 4.78 is 96.7. The van der Waals surface area contributed by atoms with E-state index >= 15 is 0 Å². The van der Waals surface area contributed by atoms with E-state index in [4.69, 9.17) is 14.2 Å². The topological polar surface area (TPSA) is 91.3 Å². The van der Waals surface area contributed by atoms with E-state index in [0.717, 1.165) is 6.42 Å². The van der Waals surface area contributed by atoms with Crippen LogP contribution in [0, 0.1) is 17.3 Å². The van der Waals surface area contributed by atoms with Crippen LogP contribution in [-0.4, -0.2) is 66.2 Å². The lowest BCUT2D eigenvalue weighted by molar-refractivity contribution is -0.359. The third kappa shape index (κ3) is 6.14. The molecular formula is C21H30F6O7. The van der Waals surface area contributed by atoms with E-state index in [-0.39, 0.29) is 11.8 Å². The lowest BCUT2D eigenvalue weighted by atomic mass is 9.72. The Hall–Kier alpha value is -1.60. The van der Waals surface area contributed by atoms with Crippen LogP contribution < -0.4 is 0 Å². The van der Waals surface area contributed by atoms with E-state index in [2.05, 4.69) is 4.74 Å². The van der Waals surface area contributed by atoms with Gasteiger partial charge in [0.05, 0.1) is 11.8 Å². The van der Waals surface area contributed by atoms with E-state index in [1.54, 1.807) is 6.92 Å². The first-order valence-electron chi connectivity index (χ1n) is 10.9. The minimum atomic E-state index is -5.87. The van der Waals surface area contributed by atoms with Gasteiger partial charge in [-0.1, -0.05) is 34.1 Å². The molecule has 198 valence electrons. The summed E-state index contributed by atoms with van der Waals surface area (Å²) in [5.74, 6) is -1.57. The molecule has 0 aromatic rings. The molecule has 13 heteroatoms. The molecule has 7 unspecified atom stereocenters. The molecule has 7 nitrogen and oxygen atoms in total. The van der Waals surface area contributed by atoms with Crippen molar-refractivity contribution < 1.29 is 60.0 Å². The summed E-state index contributed by atoms with van der Waals surface area (Å²) in [4.78, 5) is 25.0. The van der Waals surface area contributed by atoms with Crippen molar-refractivity contribution >= 4 is 11.9 Å². The zero-order valence-corrected chi connectivity index (χ0v) is 19.4. The number of hydrogen-bond donors (Lipinski definition) is 1. The minimum Gasteiger partial charge on any atom is -0.455 e. The minimum absolute atomic E-state index is 0.154. The number of halogens is 6. The van der Waals surface area contributed by atoms with Crippen molar-refractivity contribution in [1.82, 2.24) is 0 Å². The van der Waals surface area contributed by atoms with Gasteiger partial charge in [0.1, 0.15) is 12.2 Å². The number of esters is 2. The third-order valence-electron chi connectivity index (χ3n) is 6.59. The lowest BCUT2D eigenvalue weighted by Crippen LogP contribution is -2.52. The van der Waals surface area contributed by atoms with Gasteiger partial charge < -0.3 is 24.1 Å². The smallest absolute Gasteiger partial charge is 0.423 e. The predicted octanol–water partition coefficient (Wildman–Crippen LogP) is 3.91. The second-order valence-corrected chi connectivity index (χ2v) is 9.45. The van der Waals surface area contributed by atoms with Gasteiger partial charge in [-0.05, 0) is 25.2 Å². The second kappa shape index (κ2) is 10.2. The van der Waals surface area contributed by atoms with Crippen LogP contribution in [0.2, 0.25) is 0 Å². The van der Waals surface area contributed by atoms with Crippen LogP contribution in [0.15, 0.2) is 0 Å². The Morgan fingerprint density at radius 2 is 1.71 bits per heavy atom. The molecule has 1 N–H and O–H groups in total. The van der Waals surface area contributed by atoms with Gasteiger partial charge in [-0.2, -0.15) is 26.3 Å². The van der Waals surface area contributed by atoms with Gasteiger partial charge in [-0.25, -0.2) is 0 Å². The second-order valence-electron chi connectivity index (χ2n) is 9.45. The average Bonchev–Trinajstić information content (AvgIpc) is 2.89. The van der Waals surface area contributed by atoms with Crippen LogP contribution in [0.5, 0.6) is 0 Å². The van der Waals surface area contributed by atoms with Crippen LogP contribution in [-0.2, 0) is 28.5 Å². The van der Waals surface area contributed by atoms with E-state index in [9.17, 15) is 41.0 Å². The lowest BCUT2D eigenvalue weighted by Gasteiger charge is -2.37. The maximum absolute atomic E-state index is 13.1. The van der Waals surface area contributed by atoms with Gasteiger partial charge in [-0.15, -0.1) is 0 Å². The van der Waals surface area contributed by atoms with Crippen molar-refractivity contribution in [2.75, 3.05) is 0 Å². The van der Waals surface area contributed by atoms with Crippen LogP contribution in [0.25, 0.3) is 0 Å². The summed E-state index contributed by atoms with van der Waals surface area (Å²) >= 11 is 0. The summed E-state index contributed by atoms with van der Waals surface area (Å²) in [6.07, 6.45) is -24.2. The standard InChI is InChI=1S/C21H30F6O7/c1-6-10(4)8-19(5,9(2)3)18(30)33-13-11-7-12(28)32-14(13)15(31-11)16(29)34-17(20(22,23)24)21(25,26)27/h9-11,13-17,29H,6-8H2,1-5H3. The number of aliphatic hydroxyl groups is 1. The molecule has 2 aliphatic rings. The molecule has 0 aliphatic carbocycles. The van der Waals surface area contributed by atoms with Crippen molar-refractivity contribution in [2.45, 2.75) is 103 Å². The molecule has 2 bridgehead atoms. The fourth-order valence-electron chi connectivity index (χ4n) is 4.03. The number of alkyl halides is 6. The normalized spacial score (nSPS) is 29.1. The zero-order valence-electron chi connectivity index (χ0n) is 19.4. The van der Waals surface area contributed by atoms with Crippen molar-refractivity contribution in [2.24, 2.45) is 17.3 Å². The Bertz CT molecular complexity index is 726. The number of rotatable bonds is 9. The van der Waals surface area contributed by atoms with E-state index in [0.29, 0.717) is 6.42 Å². The molecule has 2 rings (SSSR count). The van der Waals surface area contributed by atoms with Crippen molar-refractivity contribution in [3.63, 3.8) is 0 Å². The molecular weight excluding hydrogens is 478 g/mol. The highest BCUT2D eigenvalue weighted by Gasteiger charge is 2.62. The third-order valence-corrected chi connectivity index (χ3v) is 6.59. The molecule has 2 aliphatic heterocycles. The summed E-state index contributed by atoms with van der Waals surface area (Å²) in [6.45, 7) is 9.21. The van der Waals surface area contributed by atoms with Gasteiger partial charge in [-0.3, -0.25) is 9.59 Å². The summed E-state index contributed by atoms with van der Waals surface area (Å²) in [5.41, 5.74) is -0.974. The molecule has 0 aromatic heterocycles. The number of carbonyl (C=O) groups excluding carboxylic acids is 2. The van der Waals surface area contributed by atoms with Gasteiger partial charge in [0.15, 0.2) is 18.5 Å². The number of aliphatic hydroxyl groups excluding tert-OH is 1. The Morgan fingerprint density at radius 3 is 2.18 bits per heavy atom. The molecule has 2 heterocycles. The van der Waals surface area contributed by atoms with Crippen LogP contribution >= 0.6 is 0 Å². The Balaban J connectivity index is 2.24. The van der Waals surface area contributed by atoms with E-state index in [1.807, 2.05) is 27.7 Å². The van der Waals surface area contributed by atoms with Crippen LogP contribution in [0.4, 0.5) is 26.3 Å². The first kappa shape index (κ1) is 28.6. The molecule has 7 atom stereocenters. The molecule has 0 saturated carbocycles. The maximum Gasteiger partial charge on any atom is 0.423 e. The van der Waals surface area contributed by atoms with Gasteiger partial charge in [0.2, 0.25) is 0 Å². The molecule has 0 spiro atoms. The summed E-state index contributed by atoms with van der Waals surface area (Å²) in [6, 6.07) is 0. The Labute approximate surface area is 193 Å². The molecule has 34 heavy (non-hydrogen) atoms. The number of ether oxygens (including phenoxy) is 4. The van der Waals surface area contributed by atoms with Gasteiger partial charge in [0, 0.05) is 0 Å². The highest BCUT2D eigenvalue weighted by atomic mass is 19.4. The monoisotopic (exact) mass is 508 g/mol. The Kier molecular flexibility index (Phi) is 8.57. The van der Waals surface area contributed by atoms with Crippen molar-refractivity contribution in [3.05, 3.63) is 0 Å². The maximum atomic E-state index is 13.1. The highest BCUT2D eigenvalue weighted by Crippen LogP contribution is 2.42. The first-order valence-corrected chi connectivity index (χ1v) is 10.9. The summed E-state index contributed by atoms with van der Waals surface area (Å²) in [7, 11) is 0. The number of carbonyl (C=O) groups is 2. The fraction of sp³-hybridized carbons (Fsp3) is 0.905. The molecule has 0 radical (unpaired) electrons. The largest absolute Gasteiger partial charge is 0.455 e. The van der Waals surface area contributed by atoms with E-state index in [1.165, 1.54) is 0 Å². The zero-order chi connectivity index (χ0) is 26.2. The number of fused-ring (bicyclic) bond motifs is 2. The molecule has 2 fully saturated rings. The fourth-order valence-corrected chi connectivity index (χ4v) is 4.03. The SMILES string of the molecule is CCC(C)CC(C)(C(=O)OC1C2CC(=O)OC1C(C(O)OC(C(F)(F)F)C(F)(F)F)O2)C(C)C. The highest BCUT2D eigenvalue weighted by molar-refractivity contribution is 5.77. The van der Waals surface area contributed by atoms with Crippen molar-refractivity contribution in [3.8, 4) is 0 Å². The Morgan fingerprint density at radius 1 is 1.15 bits per heavy atom. The molecule has 0 aromatic carbocycles. The van der Waals surface area contributed by atoms with Crippen LogP contribution in [0.3, 0.4) is 0 Å². The first-order chi connectivity index (χ1) is 15.4. The number of hydrogen-bond acceptors (Lipinski definition) is 7. The summed E-state index contributed by atoms with van der Waals surface area (Å²) in [5, 5.41) is 10.1. The average molecular weight is 508 g/mol. The molecule has 0 amide bonds. The van der Waals surface area contributed by atoms with E-state index < -0.39 is 72.9 Å². The van der Waals surface area contributed by atoms with Gasteiger partial charge in [0.25, 0.3) is 6.10 Å². The van der Waals surface area contributed by atoms with Gasteiger partial charge >= 0.3 is 24.3 Å². The van der Waals surface area contributed by atoms with Crippen LogP contribution in [0.1, 0.15) is 53.9 Å². The van der Waals surface area contributed by atoms with Crippen molar-refractivity contribution in [1.29, 1.82) is 0 Å². The quantitative estimate of drug-likeness (QED) is 0.287.